The molecule has 2 rings (SSSR count). The molecule has 21 heavy (non-hydrogen) atoms. The van der Waals surface area contributed by atoms with E-state index in [1.165, 1.54) is 0 Å². The van der Waals surface area contributed by atoms with Crippen molar-refractivity contribution in [2.24, 2.45) is 0 Å². The smallest absolute Gasteiger partial charge is 0.147 e. The van der Waals surface area contributed by atoms with E-state index in [1.54, 1.807) is 0 Å². The molecule has 0 bridgehead atoms. The van der Waals surface area contributed by atoms with Crippen LogP contribution in [0.1, 0.15) is 40.2 Å². The molecule has 1 aromatic heterocycles. The number of hydrogen-bond donors (Lipinski definition) is 1. The zero-order valence-electron chi connectivity index (χ0n) is 13.6. The van der Waals surface area contributed by atoms with E-state index in [0.717, 1.165) is 36.0 Å². The van der Waals surface area contributed by atoms with Crippen LogP contribution in [0.2, 0.25) is 5.02 Å². The summed E-state index contributed by atoms with van der Waals surface area (Å²) in [5.41, 5.74) is 1.23. The van der Waals surface area contributed by atoms with E-state index >= 15 is 0 Å². The first-order valence-electron chi connectivity index (χ1n) is 7.54. The Morgan fingerprint density at radius 2 is 1.95 bits per heavy atom. The van der Waals surface area contributed by atoms with Crippen LogP contribution in [0.3, 0.4) is 0 Å². The van der Waals surface area contributed by atoms with E-state index in [9.17, 15) is 0 Å². The summed E-state index contributed by atoms with van der Waals surface area (Å²) in [5, 5.41) is 5.46. The zero-order chi connectivity index (χ0) is 15.6. The third-order valence-electron chi connectivity index (χ3n) is 3.42. The highest BCUT2D eigenvalue weighted by atomic mass is 35.5. The Morgan fingerprint density at radius 3 is 2.48 bits per heavy atom. The van der Waals surface area contributed by atoms with E-state index in [2.05, 4.69) is 49.8 Å². The number of aromatic nitrogens is 1. The highest BCUT2D eigenvalue weighted by molar-refractivity contribution is 8.00. The van der Waals surface area contributed by atoms with Gasteiger partial charge in [-0.05, 0) is 32.4 Å². The lowest BCUT2D eigenvalue weighted by molar-refractivity contribution is 0.424. The molecule has 0 spiro atoms. The van der Waals surface area contributed by atoms with Gasteiger partial charge in [-0.1, -0.05) is 25.4 Å². The minimum atomic E-state index is 0.0973. The summed E-state index contributed by atoms with van der Waals surface area (Å²) >= 11 is 8.51. The molecule has 1 saturated heterocycles. The Morgan fingerprint density at radius 1 is 1.33 bits per heavy atom. The van der Waals surface area contributed by atoms with Crippen LogP contribution in [0.5, 0.6) is 0 Å². The normalized spacial score (nSPS) is 23.4. The van der Waals surface area contributed by atoms with Crippen molar-refractivity contribution < 1.29 is 0 Å². The Kier molecular flexibility index (Phi) is 5.44. The summed E-state index contributed by atoms with van der Waals surface area (Å²) in [6.07, 6.45) is 1.94. The number of nitrogens with zero attached hydrogens (tertiary/aromatic N) is 2. The second-order valence-corrected chi connectivity index (χ2v) is 9.20. The van der Waals surface area contributed by atoms with Crippen LogP contribution < -0.4 is 10.2 Å². The van der Waals surface area contributed by atoms with Gasteiger partial charge in [0.05, 0.1) is 5.02 Å². The number of thioether (sulfide) groups is 1. The average molecular weight is 328 g/mol. The van der Waals surface area contributed by atoms with Gasteiger partial charge in [-0.15, -0.1) is 0 Å². The molecule has 0 aromatic carbocycles. The van der Waals surface area contributed by atoms with E-state index in [1.807, 2.05) is 24.0 Å². The van der Waals surface area contributed by atoms with Crippen molar-refractivity contribution in [2.45, 2.75) is 57.2 Å². The minimum Gasteiger partial charge on any atom is -0.353 e. The maximum absolute atomic E-state index is 6.47. The number of hydrogen-bond acceptors (Lipinski definition) is 4. The fourth-order valence-electron chi connectivity index (χ4n) is 2.52. The molecule has 5 heteroatoms. The Labute approximate surface area is 137 Å². The summed E-state index contributed by atoms with van der Waals surface area (Å²) in [5.74, 6) is 0.926. The van der Waals surface area contributed by atoms with Gasteiger partial charge < -0.3 is 10.2 Å². The molecule has 118 valence electrons. The average Bonchev–Trinajstić information content (AvgIpc) is 2.34. The highest BCUT2D eigenvalue weighted by Crippen LogP contribution is 2.31. The van der Waals surface area contributed by atoms with E-state index in [-0.39, 0.29) is 5.54 Å². The predicted molar refractivity (Wildman–Crippen MR) is 94.6 cm³/mol. The van der Waals surface area contributed by atoms with Crippen LogP contribution in [0.25, 0.3) is 0 Å². The third kappa shape index (κ3) is 5.04. The highest BCUT2D eigenvalue weighted by Gasteiger charge is 2.24. The van der Waals surface area contributed by atoms with Crippen molar-refractivity contribution in [2.75, 3.05) is 18.0 Å². The fourth-order valence-corrected chi connectivity index (χ4v) is 4.15. The molecule has 2 atom stereocenters. The molecule has 1 aliphatic rings. The lowest BCUT2D eigenvalue weighted by atomic mass is 10.1. The van der Waals surface area contributed by atoms with Crippen LogP contribution in [0, 0.1) is 0 Å². The molecule has 0 amide bonds. The van der Waals surface area contributed by atoms with Gasteiger partial charge in [0.15, 0.2) is 0 Å². The van der Waals surface area contributed by atoms with Crippen molar-refractivity contribution >= 4 is 29.2 Å². The standard InChI is InChI=1S/C16H26ClN3S/c1-11-9-20(10-12(2)21-11)15-14(17)6-13(7-18-15)8-19-16(3,4)5/h6-7,11-12,19H,8-10H2,1-5H3. The number of pyridine rings is 1. The van der Waals surface area contributed by atoms with Gasteiger partial charge in [-0.3, -0.25) is 0 Å². The van der Waals surface area contributed by atoms with Crippen LogP contribution in [-0.4, -0.2) is 34.1 Å². The molecule has 1 N–H and O–H groups in total. The molecule has 1 aliphatic heterocycles. The molecule has 2 unspecified atom stereocenters. The largest absolute Gasteiger partial charge is 0.353 e. The molecule has 3 nitrogen and oxygen atoms in total. The van der Waals surface area contributed by atoms with Gasteiger partial charge >= 0.3 is 0 Å². The second kappa shape index (κ2) is 6.76. The van der Waals surface area contributed by atoms with Crippen molar-refractivity contribution in [3.8, 4) is 0 Å². The van der Waals surface area contributed by atoms with E-state index in [4.69, 9.17) is 11.6 Å². The van der Waals surface area contributed by atoms with Crippen LogP contribution >= 0.6 is 23.4 Å². The molecular formula is C16H26ClN3S. The van der Waals surface area contributed by atoms with Crippen LogP contribution in [-0.2, 0) is 6.54 Å². The maximum atomic E-state index is 6.47. The van der Waals surface area contributed by atoms with Gasteiger partial charge in [0.2, 0.25) is 0 Å². The molecule has 0 saturated carbocycles. The van der Waals surface area contributed by atoms with Crippen molar-refractivity contribution in [3.63, 3.8) is 0 Å². The van der Waals surface area contributed by atoms with Gasteiger partial charge in [0.1, 0.15) is 5.82 Å². The first-order chi connectivity index (χ1) is 9.74. The Hall–Kier alpha value is -0.450. The zero-order valence-corrected chi connectivity index (χ0v) is 15.2. The number of halogens is 1. The fraction of sp³-hybridized carbons (Fsp3) is 0.688. The molecular weight excluding hydrogens is 302 g/mol. The third-order valence-corrected chi connectivity index (χ3v) is 4.93. The summed E-state index contributed by atoms with van der Waals surface area (Å²) in [6.45, 7) is 13.8. The molecule has 0 aliphatic carbocycles. The van der Waals surface area contributed by atoms with Crippen molar-refractivity contribution in [1.29, 1.82) is 0 Å². The van der Waals surface area contributed by atoms with Crippen molar-refractivity contribution in [1.82, 2.24) is 10.3 Å². The minimum absolute atomic E-state index is 0.0973. The molecule has 2 heterocycles. The molecule has 1 aromatic rings. The van der Waals surface area contributed by atoms with E-state index in [0.29, 0.717) is 10.5 Å². The SMILES string of the molecule is CC1CN(c2ncc(CNC(C)(C)C)cc2Cl)CC(C)S1. The number of nitrogens with one attached hydrogen (secondary N) is 1. The number of rotatable bonds is 3. The monoisotopic (exact) mass is 327 g/mol. The lowest BCUT2D eigenvalue weighted by Crippen LogP contribution is -2.41. The number of anilines is 1. The van der Waals surface area contributed by atoms with Crippen molar-refractivity contribution in [3.05, 3.63) is 22.8 Å². The van der Waals surface area contributed by atoms with Gasteiger partial charge in [0, 0.05) is 41.9 Å². The van der Waals surface area contributed by atoms with E-state index < -0.39 is 0 Å². The topological polar surface area (TPSA) is 28.2 Å². The summed E-state index contributed by atoms with van der Waals surface area (Å²) in [7, 11) is 0. The Bertz CT molecular complexity index is 477. The first kappa shape index (κ1) is 16.9. The first-order valence-corrected chi connectivity index (χ1v) is 8.86. The van der Waals surface area contributed by atoms with Gasteiger partial charge in [-0.2, -0.15) is 11.8 Å². The molecule has 1 fully saturated rings. The van der Waals surface area contributed by atoms with Crippen LogP contribution in [0.4, 0.5) is 5.82 Å². The summed E-state index contributed by atoms with van der Waals surface area (Å²) in [4.78, 5) is 6.93. The molecule has 0 radical (unpaired) electrons. The summed E-state index contributed by atoms with van der Waals surface area (Å²) < 4.78 is 0. The summed E-state index contributed by atoms with van der Waals surface area (Å²) in [6, 6.07) is 2.04. The quantitative estimate of drug-likeness (QED) is 0.909. The maximum Gasteiger partial charge on any atom is 0.147 e. The second-order valence-electron chi connectivity index (χ2n) is 6.91. The predicted octanol–water partition coefficient (Wildman–Crippen LogP) is 3.95. The Balaban J connectivity index is 2.08. The lowest BCUT2D eigenvalue weighted by Gasteiger charge is -2.35. The van der Waals surface area contributed by atoms with Gasteiger partial charge in [-0.25, -0.2) is 4.98 Å². The van der Waals surface area contributed by atoms with Crippen LogP contribution in [0.15, 0.2) is 12.3 Å². The van der Waals surface area contributed by atoms with Gasteiger partial charge in [0.25, 0.3) is 0 Å².